The SMILES string of the molecule is CCOC1CC(NCCCCOC(C)C)C12CCCC2. The molecule has 2 rings (SSSR count). The van der Waals surface area contributed by atoms with Gasteiger partial charge in [-0.15, -0.1) is 0 Å². The first-order valence-corrected chi connectivity index (χ1v) is 8.65. The van der Waals surface area contributed by atoms with E-state index < -0.39 is 0 Å². The van der Waals surface area contributed by atoms with Gasteiger partial charge in [0.05, 0.1) is 12.2 Å². The summed E-state index contributed by atoms with van der Waals surface area (Å²) in [4.78, 5) is 0. The number of nitrogens with one attached hydrogen (secondary N) is 1. The molecular formula is C17H33NO2. The van der Waals surface area contributed by atoms with E-state index in [2.05, 4.69) is 26.1 Å². The maximum atomic E-state index is 5.96. The van der Waals surface area contributed by atoms with Crippen LogP contribution in [0.1, 0.15) is 65.7 Å². The largest absolute Gasteiger partial charge is 0.379 e. The van der Waals surface area contributed by atoms with Gasteiger partial charge in [-0.1, -0.05) is 12.8 Å². The molecule has 0 saturated heterocycles. The van der Waals surface area contributed by atoms with E-state index in [1.165, 1.54) is 44.9 Å². The topological polar surface area (TPSA) is 30.5 Å². The van der Waals surface area contributed by atoms with Crippen molar-refractivity contribution >= 4 is 0 Å². The number of hydrogen-bond donors (Lipinski definition) is 1. The minimum Gasteiger partial charge on any atom is -0.379 e. The minimum atomic E-state index is 0.364. The minimum absolute atomic E-state index is 0.364. The fourth-order valence-corrected chi connectivity index (χ4v) is 4.00. The molecule has 2 fully saturated rings. The average molecular weight is 283 g/mol. The average Bonchev–Trinajstić information content (AvgIpc) is 2.92. The molecule has 0 aromatic heterocycles. The van der Waals surface area contributed by atoms with Crippen molar-refractivity contribution in [3.05, 3.63) is 0 Å². The smallest absolute Gasteiger partial charge is 0.0661 e. The summed E-state index contributed by atoms with van der Waals surface area (Å²) in [6.07, 6.45) is 10.0. The van der Waals surface area contributed by atoms with Crippen LogP contribution in [-0.4, -0.2) is 38.0 Å². The molecule has 2 atom stereocenters. The summed E-state index contributed by atoms with van der Waals surface area (Å²) in [5.41, 5.74) is 0.477. The highest BCUT2D eigenvalue weighted by Gasteiger charge is 2.56. The zero-order valence-corrected chi connectivity index (χ0v) is 13.6. The second-order valence-electron chi connectivity index (χ2n) is 6.75. The van der Waals surface area contributed by atoms with E-state index in [1.54, 1.807) is 0 Å². The quantitative estimate of drug-likeness (QED) is 0.657. The lowest BCUT2D eigenvalue weighted by Crippen LogP contribution is -2.62. The molecule has 0 amide bonds. The molecule has 2 aliphatic rings. The molecule has 1 spiro atoms. The van der Waals surface area contributed by atoms with Crippen LogP contribution in [-0.2, 0) is 9.47 Å². The Morgan fingerprint density at radius 3 is 2.60 bits per heavy atom. The second kappa shape index (κ2) is 7.77. The van der Waals surface area contributed by atoms with Gasteiger partial charge in [0.2, 0.25) is 0 Å². The van der Waals surface area contributed by atoms with E-state index in [9.17, 15) is 0 Å². The van der Waals surface area contributed by atoms with Crippen molar-refractivity contribution in [1.82, 2.24) is 5.32 Å². The molecule has 0 aromatic carbocycles. The van der Waals surface area contributed by atoms with Gasteiger partial charge in [-0.05, 0) is 59.4 Å². The third kappa shape index (κ3) is 3.75. The van der Waals surface area contributed by atoms with Crippen LogP contribution in [0.3, 0.4) is 0 Å². The van der Waals surface area contributed by atoms with Gasteiger partial charge in [0, 0.05) is 24.7 Å². The van der Waals surface area contributed by atoms with Crippen molar-refractivity contribution in [2.45, 2.75) is 84.0 Å². The zero-order valence-electron chi connectivity index (χ0n) is 13.6. The maximum Gasteiger partial charge on any atom is 0.0661 e. The summed E-state index contributed by atoms with van der Waals surface area (Å²) in [5.74, 6) is 0. The molecular weight excluding hydrogens is 250 g/mol. The van der Waals surface area contributed by atoms with E-state index in [0.717, 1.165) is 19.8 Å². The Labute approximate surface area is 124 Å². The molecule has 3 nitrogen and oxygen atoms in total. The highest BCUT2D eigenvalue weighted by Crippen LogP contribution is 2.54. The van der Waals surface area contributed by atoms with Crippen LogP contribution < -0.4 is 5.32 Å². The predicted octanol–water partition coefficient (Wildman–Crippen LogP) is 3.52. The van der Waals surface area contributed by atoms with E-state index in [-0.39, 0.29) is 0 Å². The third-order valence-electron chi connectivity index (χ3n) is 5.10. The Morgan fingerprint density at radius 2 is 1.95 bits per heavy atom. The Bertz CT molecular complexity index is 274. The van der Waals surface area contributed by atoms with Gasteiger partial charge in [0.15, 0.2) is 0 Å². The first kappa shape index (κ1) is 16.3. The molecule has 20 heavy (non-hydrogen) atoms. The first-order valence-electron chi connectivity index (χ1n) is 8.65. The highest BCUT2D eigenvalue weighted by molar-refractivity contribution is 5.09. The predicted molar refractivity (Wildman–Crippen MR) is 83.0 cm³/mol. The summed E-state index contributed by atoms with van der Waals surface area (Å²) in [6, 6.07) is 0.701. The molecule has 118 valence electrons. The van der Waals surface area contributed by atoms with Gasteiger partial charge in [0.1, 0.15) is 0 Å². The summed E-state index contributed by atoms with van der Waals surface area (Å²) in [5, 5.41) is 3.79. The van der Waals surface area contributed by atoms with Gasteiger partial charge < -0.3 is 14.8 Å². The summed E-state index contributed by atoms with van der Waals surface area (Å²) >= 11 is 0. The van der Waals surface area contributed by atoms with E-state index in [0.29, 0.717) is 23.7 Å². The molecule has 2 saturated carbocycles. The Morgan fingerprint density at radius 1 is 1.20 bits per heavy atom. The van der Waals surface area contributed by atoms with Crippen molar-refractivity contribution in [3.8, 4) is 0 Å². The van der Waals surface area contributed by atoms with E-state index >= 15 is 0 Å². The second-order valence-corrected chi connectivity index (χ2v) is 6.75. The summed E-state index contributed by atoms with van der Waals surface area (Å²) < 4.78 is 11.5. The van der Waals surface area contributed by atoms with Crippen LogP contribution in [0, 0.1) is 5.41 Å². The van der Waals surface area contributed by atoms with Crippen LogP contribution >= 0.6 is 0 Å². The van der Waals surface area contributed by atoms with Crippen LogP contribution in [0.25, 0.3) is 0 Å². The highest BCUT2D eigenvalue weighted by atomic mass is 16.5. The van der Waals surface area contributed by atoms with Crippen LogP contribution in [0.5, 0.6) is 0 Å². The molecule has 1 N–H and O–H groups in total. The first-order chi connectivity index (χ1) is 9.69. The van der Waals surface area contributed by atoms with Crippen molar-refractivity contribution in [2.24, 2.45) is 5.41 Å². The standard InChI is InChI=1S/C17H33NO2/c1-4-19-16-13-15(17(16)9-5-6-10-17)18-11-7-8-12-20-14(2)3/h14-16,18H,4-13H2,1-3H3. The fourth-order valence-electron chi connectivity index (χ4n) is 4.00. The summed E-state index contributed by atoms with van der Waals surface area (Å²) in [6.45, 7) is 9.22. The van der Waals surface area contributed by atoms with Crippen LogP contribution in [0.15, 0.2) is 0 Å². The molecule has 0 heterocycles. The van der Waals surface area contributed by atoms with Crippen molar-refractivity contribution in [3.63, 3.8) is 0 Å². The van der Waals surface area contributed by atoms with Gasteiger partial charge in [0.25, 0.3) is 0 Å². The molecule has 2 unspecified atom stereocenters. The Balaban J connectivity index is 1.63. The monoisotopic (exact) mass is 283 g/mol. The van der Waals surface area contributed by atoms with Crippen LogP contribution in [0.2, 0.25) is 0 Å². The van der Waals surface area contributed by atoms with Gasteiger partial charge in [-0.25, -0.2) is 0 Å². The maximum absolute atomic E-state index is 5.96. The van der Waals surface area contributed by atoms with Crippen molar-refractivity contribution in [1.29, 1.82) is 0 Å². The molecule has 0 aliphatic heterocycles. The number of hydrogen-bond acceptors (Lipinski definition) is 3. The van der Waals surface area contributed by atoms with Gasteiger partial charge >= 0.3 is 0 Å². The van der Waals surface area contributed by atoms with Crippen molar-refractivity contribution in [2.75, 3.05) is 19.8 Å². The van der Waals surface area contributed by atoms with Crippen molar-refractivity contribution < 1.29 is 9.47 Å². The van der Waals surface area contributed by atoms with Gasteiger partial charge in [-0.3, -0.25) is 0 Å². The number of rotatable bonds is 9. The van der Waals surface area contributed by atoms with E-state index in [1.807, 2.05) is 0 Å². The molecule has 3 heteroatoms. The number of unbranched alkanes of at least 4 members (excludes halogenated alkanes) is 1. The third-order valence-corrected chi connectivity index (χ3v) is 5.10. The summed E-state index contributed by atoms with van der Waals surface area (Å²) in [7, 11) is 0. The lowest BCUT2D eigenvalue weighted by Gasteiger charge is -2.54. The molecule has 0 aromatic rings. The van der Waals surface area contributed by atoms with Gasteiger partial charge in [-0.2, -0.15) is 0 Å². The molecule has 0 bridgehead atoms. The molecule has 0 radical (unpaired) electrons. The lowest BCUT2D eigenvalue weighted by atomic mass is 9.60. The Kier molecular flexibility index (Phi) is 6.31. The molecule has 2 aliphatic carbocycles. The van der Waals surface area contributed by atoms with Crippen LogP contribution in [0.4, 0.5) is 0 Å². The van der Waals surface area contributed by atoms with E-state index in [4.69, 9.17) is 9.47 Å². The lowest BCUT2D eigenvalue weighted by molar-refractivity contribution is -0.130. The number of ether oxygens (including phenoxy) is 2. The zero-order chi connectivity index (χ0) is 14.4. The fraction of sp³-hybridized carbons (Fsp3) is 1.00. The Hall–Kier alpha value is -0.120. The normalized spacial score (nSPS) is 28.2.